The van der Waals surface area contributed by atoms with Gasteiger partial charge in [-0.1, -0.05) is 24.3 Å². The third kappa shape index (κ3) is 3.65. The first-order valence-electron chi connectivity index (χ1n) is 7.19. The van der Waals surface area contributed by atoms with Crippen molar-refractivity contribution in [2.45, 2.75) is 6.18 Å². The van der Waals surface area contributed by atoms with Crippen LogP contribution in [0, 0.1) is 0 Å². The number of carboxylic acid groups (broad SMARTS) is 1. The summed E-state index contributed by atoms with van der Waals surface area (Å²) in [4.78, 5) is 19.4. The second kappa shape index (κ2) is 6.35. The SMILES string of the molecule is O=C(O)c1cccc(-c2nccc(-c3cccc(C(F)(F)F)c3)n2)c1. The van der Waals surface area contributed by atoms with Crippen molar-refractivity contribution in [2.24, 2.45) is 0 Å². The Hall–Kier alpha value is -3.22. The summed E-state index contributed by atoms with van der Waals surface area (Å²) in [5.41, 5.74) is 0.391. The van der Waals surface area contributed by atoms with Crippen molar-refractivity contribution < 1.29 is 23.1 Å². The van der Waals surface area contributed by atoms with E-state index in [0.29, 0.717) is 16.8 Å². The highest BCUT2D eigenvalue weighted by Crippen LogP contribution is 2.32. The van der Waals surface area contributed by atoms with E-state index in [1.54, 1.807) is 12.1 Å². The van der Waals surface area contributed by atoms with E-state index in [-0.39, 0.29) is 11.4 Å². The van der Waals surface area contributed by atoms with E-state index in [2.05, 4.69) is 9.97 Å². The number of rotatable bonds is 3. The van der Waals surface area contributed by atoms with Gasteiger partial charge in [-0.25, -0.2) is 14.8 Å². The Morgan fingerprint density at radius 3 is 2.40 bits per heavy atom. The summed E-state index contributed by atoms with van der Waals surface area (Å²) in [6, 6.07) is 12.4. The zero-order valence-corrected chi connectivity index (χ0v) is 12.7. The molecule has 3 aromatic rings. The molecule has 0 aliphatic carbocycles. The summed E-state index contributed by atoms with van der Waals surface area (Å²) in [6.45, 7) is 0. The maximum Gasteiger partial charge on any atom is 0.416 e. The van der Waals surface area contributed by atoms with Gasteiger partial charge < -0.3 is 5.11 Å². The van der Waals surface area contributed by atoms with Gasteiger partial charge in [-0.15, -0.1) is 0 Å². The molecule has 4 nitrogen and oxygen atoms in total. The summed E-state index contributed by atoms with van der Waals surface area (Å²) < 4.78 is 38.6. The standard InChI is InChI=1S/C18H11F3N2O2/c19-18(20,21)14-6-2-3-11(10-14)15-7-8-22-16(23-15)12-4-1-5-13(9-12)17(24)25/h1-10H,(H,24,25). The highest BCUT2D eigenvalue weighted by atomic mass is 19.4. The molecular weight excluding hydrogens is 333 g/mol. The Kier molecular flexibility index (Phi) is 4.22. The zero-order valence-electron chi connectivity index (χ0n) is 12.7. The van der Waals surface area contributed by atoms with Gasteiger partial charge in [0.25, 0.3) is 0 Å². The maximum absolute atomic E-state index is 12.9. The fourth-order valence-corrected chi connectivity index (χ4v) is 2.30. The second-order valence-corrected chi connectivity index (χ2v) is 5.23. The van der Waals surface area contributed by atoms with Gasteiger partial charge in [0, 0.05) is 17.3 Å². The number of benzene rings is 2. The molecule has 0 saturated heterocycles. The summed E-state index contributed by atoms with van der Waals surface area (Å²) >= 11 is 0. The monoisotopic (exact) mass is 344 g/mol. The van der Waals surface area contributed by atoms with E-state index in [1.165, 1.54) is 36.5 Å². The number of carbonyl (C=O) groups is 1. The molecule has 1 heterocycles. The Balaban J connectivity index is 2.03. The molecule has 25 heavy (non-hydrogen) atoms. The molecular formula is C18H11F3N2O2. The third-order valence-corrected chi connectivity index (χ3v) is 3.51. The molecule has 0 bridgehead atoms. The van der Waals surface area contributed by atoms with E-state index in [1.807, 2.05) is 0 Å². The molecule has 0 amide bonds. The smallest absolute Gasteiger partial charge is 0.416 e. The second-order valence-electron chi connectivity index (χ2n) is 5.23. The van der Waals surface area contributed by atoms with Gasteiger partial charge in [0.15, 0.2) is 5.82 Å². The molecule has 0 spiro atoms. The van der Waals surface area contributed by atoms with Gasteiger partial charge in [-0.3, -0.25) is 0 Å². The van der Waals surface area contributed by atoms with Gasteiger partial charge in [0.2, 0.25) is 0 Å². The molecule has 0 unspecified atom stereocenters. The summed E-state index contributed by atoms with van der Waals surface area (Å²) in [7, 11) is 0. The molecule has 0 saturated carbocycles. The lowest BCUT2D eigenvalue weighted by Gasteiger charge is -2.09. The predicted octanol–water partition coefficient (Wildman–Crippen LogP) is 4.53. The van der Waals surface area contributed by atoms with Crippen LogP contribution in [0.4, 0.5) is 13.2 Å². The van der Waals surface area contributed by atoms with Crippen LogP contribution in [0.15, 0.2) is 60.8 Å². The first kappa shape index (κ1) is 16.6. The van der Waals surface area contributed by atoms with Gasteiger partial charge in [-0.05, 0) is 30.3 Å². The predicted molar refractivity (Wildman–Crippen MR) is 84.9 cm³/mol. The number of hydrogen-bond acceptors (Lipinski definition) is 3. The maximum atomic E-state index is 12.9. The Labute approximate surface area is 140 Å². The van der Waals surface area contributed by atoms with E-state index < -0.39 is 17.7 Å². The van der Waals surface area contributed by atoms with E-state index in [0.717, 1.165) is 12.1 Å². The van der Waals surface area contributed by atoms with Crippen molar-refractivity contribution in [2.75, 3.05) is 0 Å². The number of aromatic carboxylic acids is 1. The van der Waals surface area contributed by atoms with Crippen molar-refractivity contribution in [3.63, 3.8) is 0 Å². The first-order valence-corrected chi connectivity index (χ1v) is 7.19. The minimum absolute atomic E-state index is 0.0746. The molecule has 0 fully saturated rings. The molecule has 0 aliphatic heterocycles. The van der Waals surface area contributed by atoms with Crippen LogP contribution in [0.3, 0.4) is 0 Å². The van der Waals surface area contributed by atoms with Gasteiger partial charge in [0.1, 0.15) is 0 Å². The largest absolute Gasteiger partial charge is 0.478 e. The minimum Gasteiger partial charge on any atom is -0.478 e. The Morgan fingerprint density at radius 2 is 1.68 bits per heavy atom. The number of carboxylic acids is 1. The Morgan fingerprint density at radius 1 is 0.960 bits per heavy atom. The molecule has 0 radical (unpaired) electrons. The van der Waals surface area contributed by atoms with E-state index >= 15 is 0 Å². The molecule has 0 atom stereocenters. The number of alkyl halides is 3. The van der Waals surface area contributed by atoms with Crippen molar-refractivity contribution >= 4 is 5.97 Å². The van der Waals surface area contributed by atoms with Gasteiger partial charge >= 0.3 is 12.1 Å². The first-order chi connectivity index (χ1) is 11.8. The topological polar surface area (TPSA) is 63.1 Å². The highest BCUT2D eigenvalue weighted by molar-refractivity contribution is 5.89. The number of halogens is 3. The normalized spacial score (nSPS) is 11.3. The van der Waals surface area contributed by atoms with Crippen LogP contribution >= 0.6 is 0 Å². The van der Waals surface area contributed by atoms with Crippen molar-refractivity contribution in [1.82, 2.24) is 9.97 Å². The fraction of sp³-hybridized carbons (Fsp3) is 0.0556. The van der Waals surface area contributed by atoms with Crippen molar-refractivity contribution in [1.29, 1.82) is 0 Å². The molecule has 1 aromatic heterocycles. The number of hydrogen-bond donors (Lipinski definition) is 1. The van der Waals surface area contributed by atoms with Gasteiger partial charge in [-0.2, -0.15) is 13.2 Å². The minimum atomic E-state index is -4.44. The van der Waals surface area contributed by atoms with Crippen molar-refractivity contribution in [3.05, 3.63) is 71.9 Å². The summed E-state index contributed by atoms with van der Waals surface area (Å²) in [5, 5.41) is 9.05. The number of aromatic nitrogens is 2. The molecule has 0 aliphatic rings. The van der Waals surface area contributed by atoms with Crippen LogP contribution < -0.4 is 0 Å². The lowest BCUT2D eigenvalue weighted by Crippen LogP contribution is -2.04. The summed E-state index contributed by atoms with van der Waals surface area (Å²) in [6.07, 6.45) is -3.02. The van der Waals surface area contributed by atoms with Crippen LogP contribution in [-0.2, 0) is 6.18 Å². The molecule has 1 N–H and O–H groups in total. The quantitative estimate of drug-likeness (QED) is 0.758. The molecule has 7 heteroatoms. The van der Waals surface area contributed by atoms with E-state index in [4.69, 9.17) is 5.11 Å². The highest BCUT2D eigenvalue weighted by Gasteiger charge is 2.30. The fourth-order valence-electron chi connectivity index (χ4n) is 2.30. The Bertz CT molecular complexity index is 939. The van der Waals surface area contributed by atoms with Crippen LogP contribution in [0.5, 0.6) is 0 Å². The van der Waals surface area contributed by atoms with Crippen LogP contribution in [-0.4, -0.2) is 21.0 Å². The molecule has 3 rings (SSSR count). The molecule has 2 aromatic carbocycles. The lowest BCUT2D eigenvalue weighted by atomic mass is 10.1. The average Bonchev–Trinajstić information content (AvgIpc) is 2.61. The zero-order chi connectivity index (χ0) is 18.0. The van der Waals surface area contributed by atoms with Crippen LogP contribution in [0.25, 0.3) is 22.6 Å². The molecule has 126 valence electrons. The third-order valence-electron chi connectivity index (χ3n) is 3.51. The van der Waals surface area contributed by atoms with E-state index in [9.17, 15) is 18.0 Å². The van der Waals surface area contributed by atoms with Crippen LogP contribution in [0.2, 0.25) is 0 Å². The van der Waals surface area contributed by atoms with Gasteiger partial charge in [0.05, 0.1) is 16.8 Å². The lowest BCUT2D eigenvalue weighted by molar-refractivity contribution is -0.137. The van der Waals surface area contributed by atoms with Crippen LogP contribution in [0.1, 0.15) is 15.9 Å². The summed E-state index contributed by atoms with van der Waals surface area (Å²) in [5.74, 6) is -0.853. The van der Waals surface area contributed by atoms with Crippen molar-refractivity contribution in [3.8, 4) is 22.6 Å². The average molecular weight is 344 g/mol. The number of nitrogens with zero attached hydrogens (tertiary/aromatic N) is 2.